The third kappa shape index (κ3) is 3.33. The molecule has 0 spiro atoms. The van der Waals surface area contributed by atoms with Crippen molar-refractivity contribution in [3.63, 3.8) is 0 Å². The molecule has 0 amide bonds. The fourth-order valence-corrected chi connectivity index (χ4v) is 3.89. The van der Waals surface area contributed by atoms with E-state index in [0.29, 0.717) is 59.7 Å². The summed E-state index contributed by atoms with van der Waals surface area (Å²) in [5.41, 5.74) is 4.13. The highest BCUT2D eigenvalue weighted by molar-refractivity contribution is 5.77. The molecule has 5 rings (SSSR count). The number of pyridine rings is 1. The lowest BCUT2D eigenvalue weighted by Crippen LogP contribution is -2.36. The van der Waals surface area contributed by atoms with Crippen molar-refractivity contribution in [2.75, 3.05) is 6.54 Å². The molecule has 1 N–H and O–H groups in total. The van der Waals surface area contributed by atoms with E-state index in [1.807, 2.05) is 43.3 Å². The van der Waals surface area contributed by atoms with E-state index >= 15 is 0 Å². The molecule has 0 radical (unpaired) electrons. The van der Waals surface area contributed by atoms with Gasteiger partial charge in [-0.3, -0.25) is 19.5 Å². The van der Waals surface area contributed by atoms with E-state index in [1.165, 1.54) is 0 Å². The summed E-state index contributed by atoms with van der Waals surface area (Å²) in [6.45, 7) is 3.56. The summed E-state index contributed by atoms with van der Waals surface area (Å²) >= 11 is 0. The second-order valence-electron chi connectivity index (χ2n) is 7.61. The Morgan fingerprint density at radius 3 is 2.93 bits per heavy atom. The van der Waals surface area contributed by atoms with Crippen molar-refractivity contribution >= 4 is 11.0 Å². The van der Waals surface area contributed by atoms with Crippen LogP contribution in [0.4, 0.5) is 0 Å². The molecule has 1 aliphatic heterocycles. The van der Waals surface area contributed by atoms with Crippen molar-refractivity contribution in [3.05, 3.63) is 91.8 Å². The first-order valence-electron chi connectivity index (χ1n) is 9.85. The maximum atomic E-state index is 12.9. The molecule has 0 fully saturated rings. The number of hydrogen-bond donors (Lipinski definition) is 1. The molecule has 0 atom stereocenters. The number of aromatic nitrogens is 3. The predicted molar refractivity (Wildman–Crippen MR) is 113 cm³/mol. The zero-order chi connectivity index (χ0) is 20.7. The standard InChI is InChI=1S/C23H20N4O3/c1-14-5-6-20-17(10-14)21(28)15(13-30-20)11-27-9-7-16-19(12-27)25-22(26-23(16)29)18-4-2-3-8-24-18/h2-6,8,10,13H,7,9,11-12H2,1H3,(H,25,26,29). The van der Waals surface area contributed by atoms with E-state index in [2.05, 4.69) is 19.9 Å². The Kier molecular flexibility index (Phi) is 4.52. The highest BCUT2D eigenvalue weighted by Crippen LogP contribution is 2.20. The van der Waals surface area contributed by atoms with Gasteiger partial charge in [-0.15, -0.1) is 0 Å². The highest BCUT2D eigenvalue weighted by Gasteiger charge is 2.23. The number of hydrogen-bond acceptors (Lipinski definition) is 6. The summed E-state index contributed by atoms with van der Waals surface area (Å²) in [4.78, 5) is 39.4. The van der Waals surface area contributed by atoms with Crippen molar-refractivity contribution in [2.45, 2.75) is 26.4 Å². The monoisotopic (exact) mass is 400 g/mol. The average Bonchev–Trinajstić information content (AvgIpc) is 2.76. The molecular weight excluding hydrogens is 380 g/mol. The van der Waals surface area contributed by atoms with E-state index in [-0.39, 0.29) is 11.0 Å². The fourth-order valence-electron chi connectivity index (χ4n) is 3.89. The van der Waals surface area contributed by atoms with Crippen LogP contribution in [0.1, 0.15) is 22.4 Å². The van der Waals surface area contributed by atoms with Crippen LogP contribution in [0.3, 0.4) is 0 Å². The lowest BCUT2D eigenvalue weighted by atomic mass is 10.0. The minimum atomic E-state index is -0.124. The Bertz CT molecular complexity index is 1360. The molecule has 4 aromatic rings. The number of H-pyrrole nitrogens is 1. The fraction of sp³-hybridized carbons (Fsp3) is 0.217. The lowest BCUT2D eigenvalue weighted by molar-refractivity contribution is 0.238. The molecule has 4 heterocycles. The molecule has 0 saturated carbocycles. The normalized spacial score (nSPS) is 14.0. The molecule has 150 valence electrons. The van der Waals surface area contributed by atoms with Crippen molar-refractivity contribution in [1.82, 2.24) is 19.9 Å². The Morgan fingerprint density at radius 1 is 1.20 bits per heavy atom. The molecule has 7 nitrogen and oxygen atoms in total. The van der Waals surface area contributed by atoms with Gasteiger partial charge in [0, 0.05) is 37.0 Å². The number of fused-ring (bicyclic) bond motifs is 2. The van der Waals surface area contributed by atoms with Gasteiger partial charge in [0.1, 0.15) is 11.3 Å². The minimum absolute atomic E-state index is 0.0150. The Hall–Kier alpha value is -3.58. The van der Waals surface area contributed by atoms with E-state index in [4.69, 9.17) is 4.42 Å². The van der Waals surface area contributed by atoms with Crippen molar-refractivity contribution in [2.24, 2.45) is 0 Å². The van der Waals surface area contributed by atoms with E-state index in [9.17, 15) is 9.59 Å². The van der Waals surface area contributed by atoms with Gasteiger partial charge in [0.25, 0.3) is 5.56 Å². The maximum absolute atomic E-state index is 12.9. The number of nitrogens with one attached hydrogen (secondary N) is 1. The van der Waals surface area contributed by atoms with Crippen LogP contribution in [0.2, 0.25) is 0 Å². The smallest absolute Gasteiger partial charge is 0.254 e. The quantitative estimate of drug-likeness (QED) is 0.569. The van der Waals surface area contributed by atoms with Crippen molar-refractivity contribution in [1.29, 1.82) is 0 Å². The topological polar surface area (TPSA) is 92.1 Å². The number of aromatic amines is 1. The van der Waals surface area contributed by atoms with Crippen LogP contribution in [0.25, 0.3) is 22.5 Å². The minimum Gasteiger partial charge on any atom is -0.464 e. The van der Waals surface area contributed by atoms with Gasteiger partial charge < -0.3 is 9.40 Å². The summed E-state index contributed by atoms with van der Waals surface area (Å²) in [5.74, 6) is 0.460. The van der Waals surface area contributed by atoms with Crippen molar-refractivity contribution in [3.8, 4) is 11.5 Å². The highest BCUT2D eigenvalue weighted by atomic mass is 16.3. The summed E-state index contributed by atoms with van der Waals surface area (Å²) in [6.07, 6.45) is 3.79. The first-order chi connectivity index (χ1) is 14.6. The van der Waals surface area contributed by atoms with Gasteiger partial charge in [0.2, 0.25) is 0 Å². The first-order valence-corrected chi connectivity index (χ1v) is 9.85. The molecule has 0 saturated heterocycles. The summed E-state index contributed by atoms with van der Waals surface area (Å²) in [5, 5.41) is 0.594. The molecule has 0 unspecified atom stereocenters. The van der Waals surface area contributed by atoms with Gasteiger partial charge in [0.05, 0.1) is 17.3 Å². The molecule has 30 heavy (non-hydrogen) atoms. The van der Waals surface area contributed by atoms with Gasteiger partial charge in [0.15, 0.2) is 11.3 Å². The van der Waals surface area contributed by atoms with Crippen LogP contribution in [0, 0.1) is 6.92 Å². The van der Waals surface area contributed by atoms with Gasteiger partial charge in [-0.1, -0.05) is 17.7 Å². The zero-order valence-corrected chi connectivity index (χ0v) is 16.5. The van der Waals surface area contributed by atoms with Gasteiger partial charge in [-0.05, 0) is 37.6 Å². The van der Waals surface area contributed by atoms with Crippen LogP contribution >= 0.6 is 0 Å². The third-order valence-electron chi connectivity index (χ3n) is 5.45. The summed E-state index contributed by atoms with van der Waals surface area (Å²) in [7, 11) is 0. The van der Waals surface area contributed by atoms with Gasteiger partial charge in [-0.2, -0.15) is 0 Å². The number of benzene rings is 1. The van der Waals surface area contributed by atoms with Crippen LogP contribution in [0.5, 0.6) is 0 Å². The van der Waals surface area contributed by atoms with E-state index < -0.39 is 0 Å². The summed E-state index contributed by atoms with van der Waals surface area (Å²) < 4.78 is 5.68. The first kappa shape index (κ1) is 18.4. The van der Waals surface area contributed by atoms with E-state index in [1.54, 1.807) is 12.5 Å². The third-order valence-corrected chi connectivity index (χ3v) is 5.45. The van der Waals surface area contributed by atoms with Gasteiger partial charge in [-0.25, -0.2) is 4.98 Å². The molecule has 1 aromatic carbocycles. The van der Waals surface area contributed by atoms with Crippen LogP contribution in [0.15, 0.2) is 62.9 Å². The SMILES string of the molecule is Cc1ccc2occ(CN3CCc4c(nc(-c5ccccn5)[nH]c4=O)C3)c(=O)c2c1. The Morgan fingerprint density at radius 2 is 2.10 bits per heavy atom. The Labute approximate surface area is 172 Å². The van der Waals surface area contributed by atoms with Crippen LogP contribution in [-0.4, -0.2) is 26.4 Å². The molecular formula is C23H20N4O3. The molecule has 7 heteroatoms. The molecule has 1 aliphatic rings. The van der Waals surface area contributed by atoms with E-state index in [0.717, 1.165) is 11.3 Å². The number of rotatable bonds is 3. The van der Waals surface area contributed by atoms with Crippen LogP contribution < -0.4 is 11.0 Å². The molecule has 3 aromatic heterocycles. The average molecular weight is 400 g/mol. The molecule has 0 bridgehead atoms. The van der Waals surface area contributed by atoms with Crippen LogP contribution in [-0.2, 0) is 19.5 Å². The second kappa shape index (κ2) is 7.35. The zero-order valence-electron chi connectivity index (χ0n) is 16.5. The van der Waals surface area contributed by atoms with Gasteiger partial charge >= 0.3 is 0 Å². The predicted octanol–water partition coefficient (Wildman–Crippen LogP) is 2.81. The summed E-state index contributed by atoms with van der Waals surface area (Å²) in [6, 6.07) is 11.1. The number of aryl methyl sites for hydroxylation is 1. The lowest BCUT2D eigenvalue weighted by Gasteiger charge is -2.27. The largest absolute Gasteiger partial charge is 0.464 e. The van der Waals surface area contributed by atoms with Crippen molar-refractivity contribution < 1.29 is 4.42 Å². The molecule has 0 aliphatic carbocycles. The Balaban J connectivity index is 1.45. The maximum Gasteiger partial charge on any atom is 0.254 e. The second-order valence-corrected chi connectivity index (χ2v) is 7.61. The number of nitrogens with zero attached hydrogens (tertiary/aromatic N) is 3.